The van der Waals surface area contributed by atoms with Gasteiger partial charge in [-0.15, -0.1) is 0 Å². The zero-order valence-corrected chi connectivity index (χ0v) is 13.5. The van der Waals surface area contributed by atoms with Crippen LogP contribution in [0.15, 0.2) is 0 Å². The molecule has 0 aliphatic heterocycles. The van der Waals surface area contributed by atoms with Crippen molar-refractivity contribution < 1.29 is 9.90 Å². The van der Waals surface area contributed by atoms with Gasteiger partial charge in [-0.3, -0.25) is 4.79 Å². The highest BCUT2D eigenvalue weighted by Gasteiger charge is 2.25. The zero-order valence-electron chi connectivity index (χ0n) is 13.5. The van der Waals surface area contributed by atoms with Gasteiger partial charge in [0.05, 0.1) is 5.60 Å². The van der Waals surface area contributed by atoms with Crippen LogP contribution >= 0.6 is 0 Å². The molecule has 0 aliphatic carbocycles. The number of nitrogens with two attached hydrogens (primary N) is 1. The highest BCUT2D eigenvalue weighted by Crippen LogP contribution is 2.32. The Balaban J connectivity index is 4.33. The van der Waals surface area contributed by atoms with E-state index in [1.165, 1.54) is 0 Å². The quantitative estimate of drug-likeness (QED) is 0.745. The minimum absolute atomic E-state index is 0.0911. The molecular formula is C15H32N2O2. The molecule has 0 spiro atoms. The summed E-state index contributed by atoms with van der Waals surface area (Å²) in [5.74, 6) is 0.547. The lowest BCUT2D eigenvalue weighted by Gasteiger charge is -2.31. The number of aliphatic hydroxyl groups is 1. The van der Waals surface area contributed by atoms with Gasteiger partial charge in [0.15, 0.2) is 0 Å². The van der Waals surface area contributed by atoms with E-state index >= 15 is 0 Å². The van der Waals surface area contributed by atoms with Crippen LogP contribution in [0.1, 0.15) is 53.9 Å². The molecule has 0 aromatic carbocycles. The summed E-state index contributed by atoms with van der Waals surface area (Å²) in [4.78, 5) is 13.7. The van der Waals surface area contributed by atoms with Gasteiger partial charge in [0.1, 0.15) is 0 Å². The molecule has 0 fully saturated rings. The molecule has 0 heterocycles. The van der Waals surface area contributed by atoms with Gasteiger partial charge in [-0.25, -0.2) is 0 Å². The van der Waals surface area contributed by atoms with Crippen molar-refractivity contribution in [3.63, 3.8) is 0 Å². The fourth-order valence-electron chi connectivity index (χ4n) is 2.37. The average molecular weight is 272 g/mol. The van der Waals surface area contributed by atoms with Crippen LogP contribution in [0.5, 0.6) is 0 Å². The summed E-state index contributed by atoms with van der Waals surface area (Å²) in [5.41, 5.74) is 4.98. The molecule has 4 heteroatoms. The Morgan fingerprint density at radius 3 is 2.11 bits per heavy atom. The predicted molar refractivity (Wildman–Crippen MR) is 79.8 cm³/mol. The average Bonchev–Trinajstić information content (AvgIpc) is 2.19. The molecule has 114 valence electrons. The normalized spacial score (nSPS) is 14.3. The second-order valence-corrected chi connectivity index (χ2v) is 7.24. The van der Waals surface area contributed by atoms with Gasteiger partial charge >= 0.3 is 0 Å². The van der Waals surface area contributed by atoms with E-state index < -0.39 is 5.60 Å². The smallest absolute Gasteiger partial charge is 0.222 e. The highest BCUT2D eigenvalue weighted by atomic mass is 16.3. The second kappa shape index (κ2) is 7.25. The number of likely N-dealkylation sites (N-methyl/N-ethyl adjacent to an activating group) is 1. The third kappa shape index (κ3) is 8.22. The molecule has 1 amide bonds. The van der Waals surface area contributed by atoms with Gasteiger partial charge < -0.3 is 15.7 Å². The molecule has 3 N–H and O–H groups in total. The molecule has 0 saturated heterocycles. The van der Waals surface area contributed by atoms with E-state index in [1.807, 2.05) is 0 Å². The van der Waals surface area contributed by atoms with Gasteiger partial charge in [-0.2, -0.15) is 0 Å². The highest BCUT2D eigenvalue weighted by molar-refractivity contribution is 5.75. The minimum atomic E-state index is -0.842. The van der Waals surface area contributed by atoms with Crippen molar-refractivity contribution in [2.45, 2.75) is 59.5 Å². The summed E-state index contributed by atoms with van der Waals surface area (Å²) in [5, 5.41) is 9.72. The van der Waals surface area contributed by atoms with E-state index in [0.29, 0.717) is 25.4 Å². The zero-order chi connectivity index (χ0) is 15.3. The predicted octanol–water partition coefficient (Wildman–Crippen LogP) is 2.01. The number of carbonyl (C=O) groups excluding carboxylic acids is 1. The topological polar surface area (TPSA) is 66.6 Å². The van der Waals surface area contributed by atoms with Crippen molar-refractivity contribution in [1.82, 2.24) is 4.90 Å². The van der Waals surface area contributed by atoms with Gasteiger partial charge in [-0.05, 0) is 44.6 Å². The van der Waals surface area contributed by atoms with Crippen LogP contribution in [-0.2, 0) is 4.79 Å². The Labute approximate surface area is 118 Å². The Morgan fingerprint density at radius 1 is 1.21 bits per heavy atom. The summed E-state index contributed by atoms with van der Waals surface area (Å²) in [6.07, 6.45) is 2.33. The maximum atomic E-state index is 12.0. The SMILES string of the molecule is CN(CC(C)(C)O)C(=O)CCC(CCN)C(C)(C)C. The first-order valence-electron chi connectivity index (χ1n) is 7.14. The first-order chi connectivity index (χ1) is 8.47. The monoisotopic (exact) mass is 272 g/mol. The molecule has 19 heavy (non-hydrogen) atoms. The molecule has 0 aromatic heterocycles. The Bertz CT molecular complexity index is 277. The number of nitrogens with zero attached hydrogens (tertiary/aromatic N) is 1. The molecule has 0 aromatic rings. The van der Waals surface area contributed by atoms with Crippen molar-refractivity contribution in [2.75, 3.05) is 20.1 Å². The van der Waals surface area contributed by atoms with Crippen molar-refractivity contribution in [3.8, 4) is 0 Å². The minimum Gasteiger partial charge on any atom is -0.389 e. The lowest BCUT2D eigenvalue weighted by atomic mass is 9.76. The van der Waals surface area contributed by atoms with Crippen LogP contribution in [0, 0.1) is 11.3 Å². The van der Waals surface area contributed by atoms with Crippen molar-refractivity contribution in [1.29, 1.82) is 0 Å². The molecule has 0 saturated carbocycles. The molecule has 0 aliphatic rings. The fraction of sp³-hybridized carbons (Fsp3) is 0.933. The number of carbonyl (C=O) groups is 1. The fourth-order valence-corrected chi connectivity index (χ4v) is 2.37. The van der Waals surface area contributed by atoms with Crippen LogP contribution < -0.4 is 5.73 Å². The first-order valence-corrected chi connectivity index (χ1v) is 7.14. The lowest BCUT2D eigenvalue weighted by molar-refractivity contribution is -0.133. The molecule has 0 bridgehead atoms. The van der Waals surface area contributed by atoms with E-state index in [-0.39, 0.29) is 11.3 Å². The number of hydrogen-bond donors (Lipinski definition) is 2. The molecular weight excluding hydrogens is 240 g/mol. The maximum absolute atomic E-state index is 12.0. The number of rotatable bonds is 7. The largest absolute Gasteiger partial charge is 0.389 e. The van der Waals surface area contributed by atoms with Crippen molar-refractivity contribution >= 4 is 5.91 Å². The maximum Gasteiger partial charge on any atom is 0.222 e. The molecule has 1 atom stereocenters. The number of amides is 1. The van der Waals surface area contributed by atoms with Crippen LogP contribution in [0.25, 0.3) is 0 Å². The lowest BCUT2D eigenvalue weighted by Crippen LogP contribution is -2.40. The summed E-state index contributed by atoms with van der Waals surface area (Å²) < 4.78 is 0. The Kier molecular flexibility index (Phi) is 7.01. The van der Waals surface area contributed by atoms with Crippen molar-refractivity contribution in [3.05, 3.63) is 0 Å². The standard InChI is InChI=1S/C15H32N2O2/c1-14(2,3)12(9-10-16)7-8-13(18)17(6)11-15(4,5)19/h12,19H,7-11,16H2,1-6H3. The Hall–Kier alpha value is -0.610. The van der Waals surface area contributed by atoms with Crippen LogP contribution in [0.4, 0.5) is 0 Å². The van der Waals surface area contributed by atoms with Gasteiger partial charge in [0.2, 0.25) is 5.91 Å². The molecule has 1 unspecified atom stereocenters. The van der Waals surface area contributed by atoms with Gasteiger partial charge in [0, 0.05) is 20.0 Å². The summed E-state index contributed by atoms with van der Waals surface area (Å²) in [6.45, 7) is 11.0. The van der Waals surface area contributed by atoms with E-state index in [1.54, 1.807) is 25.8 Å². The molecule has 0 radical (unpaired) electrons. The van der Waals surface area contributed by atoms with Crippen molar-refractivity contribution in [2.24, 2.45) is 17.1 Å². The van der Waals surface area contributed by atoms with Crippen LogP contribution in [0.3, 0.4) is 0 Å². The summed E-state index contributed by atoms with van der Waals surface area (Å²) >= 11 is 0. The van der Waals surface area contributed by atoms with Crippen LogP contribution in [0.2, 0.25) is 0 Å². The summed E-state index contributed by atoms with van der Waals surface area (Å²) in [6, 6.07) is 0. The van der Waals surface area contributed by atoms with E-state index in [2.05, 4.69) is 20.8 Å². The van der Waals surface area contributed by atoms with E-state index in [9.17, 15) is 9.90 Å². The summed E-state index contributed by atoms with van der Waals surface area (Å²) in [7, 11) is 1.75. The second-order valence-electron chi connectivity index (χ2n) is 7.24. The van der Waals surface area contributed by atoms with Gasteiger partial charge in [0.25, 0.3) is 0 Å². The first kappa shape index (κ1) is 18.4. The Morgan fingerprint density at radius 2 is 1.74 bits per heavy atom. The molecule has 0 rings (SSSR count). The van der Waals surface area contributed by atoms with Gasteiger partial charge in [-0.1, -0.05) is 20.8 Å². The third-order valence-corrected chi connectivity index (χ3v) is 3.50. The number of hydrogen-bond acceptors (Lipinski definition) is 3. The third-order valence-electron chi connectivity index (χ3n) is 3.50. The van der Waals surface area contributed by atoms with E-state index in [4.69, 9.17) is 5.73 Å². The van der Waals surface area contributed by atoms with E-state index in [0.717, 1.165) is 12.8 Å². The molecule has 4 nitrogen and oxygen atoms in total. The van der Waals surface area contributed by atoms with Crippen LogP contribution in [-0.4, -0.2) is 41.7 Å².